The normalized spacial score (nSPS) is 10.7. The van der Waals surface area contributed by atoms with Gasteiger partial charge in [-0.15, -0.1) is 0 Å². The van der Waals surface area contributed by atoms with Crippen LogP contribution in [0.4, 0.5) is 0 Å². The number of carbonyl (C=O) groups excluding carboxylic acids is 1. The van der Waals surface area contributed by atoms with Crippen LogP contribution < -0.4 is 10.1 Å². The Hall–Kier alpha value is -2.84. The molecule has 4 nitrogen and oxygen atoms in total. The molecule has 0 saturated carbocycles. The minimum Gasteiger partial charge on any atom is -0.489 e. The van der Waals surface area contributed by atoms with Gasteiger partial charge in [-0.3, -0.25) is 4.79 Å². The predicted octanol–water partition coefficient (Wildman–Crippen LogP) is 4.28. The number of nitrogens with zero attached hydrogens (tertiary/aromatic N) is 1. The van der Waals surface area contributed by atoms with Crippen LogP contribution in [0, 0.1) is 11.3 Å². The van der Waals surface area contributed by atoms with Crippen LogP contribution in [0.1, 0.15) is 11.1 Å². The third-order valence-electron chi connectivity index (χ3n) is 3.54. The van der Waals surface area contributed by atoms with Gasteiger partial charge in [0.05, 0.1) is 0 Å². The van der Waals surface area contributed by atoms with Crippen molar-refractivity contribution in [1.82, 2.24) is 5.32 Å². The molecule has 0 aliphatic rings. The molecule has 0 heterocycles. The van der Waals surface area contributed by atoms with Gasteiger partial charge in [-0.2, -0.15) is 5.26 Å². The van der Waals surface area contributed by atoms with Gasteiger partial charge in [0.1, 0.15) is 24.0 Å². The molecule has 1 amide bonds. The van der Waals surface area contributed by atoms with Gasteiger partial charge in [-0.25, -0.2) is 0 Å². The van der Waals surface area contributed by atoms with Crippen LogP contribution >= 0.6 is 15.9 Å². The zero-order chi connectivity index (χ0) is 18.8. The highest BCUT2D eigenvalue weighted by Crippen LogP contribution is 2.25. The number of ether oxygens (including phenoxy) is 1. The Labute approximate surface area is 161 Å². The van der Waals surface area contributed by atoms with Gasteiger partial charge in [0, 0.05) is 16.6 Å². The highest BCUT2D eigenvalue weighted by Gasteiger charge is 2.11. The molecule has 132 valence electrons. The van der Waals surface area contributed by atoms with E-state index in [2.05, 4.69) is 27.8 Å². The van der Waals surface area contributed by atoms with Gasteiger partial charge in [-0.05, 0) is 36.3 Å². The molecule has 26 heavy (non-hydrogen) atoms. The maximum atomic E-state index is 12.3. The van der Waals surface area contributed by atoms with Crippen molar-refractivity contribution in [3.63, 3.8) is 0 Å². The number of halogens is 1. The molecule has 5 heteroatoms. The van der Waals surface area contributed by atoms with E-state index in [9.17, 15) is 10.1 Å². The molecule has 2 rings (SSSR count). The Balaban J connectivity index is 2.09. The molecule has 1 N–H and O–H groups in total. The summed E-state index contributed by atoms with van der Waals surface area (Å²) in [6.45, 7) is 4.42. The molecule has 2 aromatic rings. The number of amides is 1. The van der Waals surface area contributed by atoms with E-state index in [1.54, 1.807) is 18.2 Å². The van der Waals surface area contributed by atoms with Crippen molar-refractivity contribution >= 4 is 27.9 Å². The SMILES string of the molecule is C=CCOc1ccc(Br)cc1/C=C(\C#N)C(=O)NCCc1ccccc1. The van der Waals surface area contributed by atoms with E-state index in [0.717, 1.165) is 10.0 Å². The summed E-state index contributed by atoms with van der Waals surface area (Å²) in [5.41, 5.74) is 1.80. The lowest BCUT2D eigenvalue weighted by Gasteiger charge is -2.09. The van der Waals surface area contributed by atoms with Gasteiger partial charge in [-0.1, -0.05) is 58.9 Å². The van der Waals surface area contributed by atoms with Crippen LogP contribution in [-0.2, 0) is 11.2 Å². The smallest absolute Gasteiger partial charge is 0.261 e. The predicted molar refractivity (Wildman–Crippen MR) is 107 cm³/mol. The maximum absolute atomic E-state index is 12.3. The molecule has 0 aliphatic heterocycles. The summed E-state index contributed by atoms with van der Waals surface area (Å²) in [4.78, 5) is 12.3. The second-order valence-electron chi connectivity index (χ2n) is 5.44. The van der Waals surface area contributed by atoms with E-state index < -0.39 is 5.91 Å². The Morgan fingerprint density at radius 3 is 2.73 bits per heavy atom. The second-order valence-corrected chi connectivity index (χ2v) is 6.36. The van der Waals surface area contributed by atoms with Gasteiger partial charge in [0.15, 0.2) is 0 Å². The lowest BCUT2D eigenvalue weighted by atomic mass is 10.1. The second kappa shape index (κ2) is 10.2. The van der Waals surface area contributed by atoms with E-state index in [0.29, 0.717) is 30.9 Å². The molecule has 0 radical (unpaired) electrons. The standard InChI is InChI=1S/C21H19BrN2O2/c1-2-12-26-20-9-8-19(22)14-17(20)13-18(15-23)21(25)24-11-10-16-6-4-3-5-7-16/h2-9,13-14H,1,10-12H2,(H,24,25)/b18-13+. The lowest BCUT2D eigenvalue weighted by Crippen LogP contribution is -2.26. The molecule has 0 spiro atoms. The summed E-state index contributed by atoms with van der Waals surface area (Å²) in [6, 6.07) is 17.2. The van der Waals surface area contributed by atoms with Gasteiger partial charge >= 0.3 is 0 Å². The summed E-state index contributed by atoms with van der Waals surface area (Å²) >= 11 is 3.39. The highest BCUT2D eigenvalue weighted by atomic mass is 79.9. The minimum absolute atomic E-state index is 0.0274. The third kappa shape index (κ3) is 5.91. The number of carbonyl (C=O) groups is 1. The van der Waals surface area contributed by atoms with Gasteiger partial charge in [0.2, 0.25) is 0 Å². The number of hydrogen-bond acceptors (Lipinski definition) is 3. The van der Waals surface area contributed by atoms with E-state index in [-0.39, 0.29) is 5.57 Å². The summed E-state index contributed by atoms with van der Waals surface area (Å²) in [7, 11) is 0. The fourth-order valence-corrected chi connectivity index (χ4v) is 2.66. The lowest BCUT2D eigenvalue weighted by molar-refractivity contribution is -0.117. The zero-order valence-electron chi connectivity index (χ0n) is 14.2. The van der Waals surface area contributed by atoms with Crippen molar-refractivity contribution in [3.05, 3.63) is 82.4 Å². The van der Waals surface area contributed by atoms with Crippen LogP contribution in [0.15, 0.2) is 71.2 Å². The Kier molecular flexibility index (Phi) is 7.66. The number of hydrogen-bond donors (Lipinski definition) is 1. The van der Waals surface area contributed by atoms with Crippen LogP contribution in [-0.4, -0.2) is 19.1 Å². The molecule has 0 unspecified atom stereocenters. The number of benzene rings is 2. The van der Waals surface area contributed by atoms with Crippen molar-refractivity contribution < 1.29 is 9.53 Å². The van der Waals surface area contributed by atoms with E-state index in [1.165, 1.54) is 6.08 Å². The molecular formula is C21H19BrN2O2. The topological polar surface area (TPSA) is 62.1 Å². The van der Waals surface area contributed by atoms with Gasteiger partial charge < -0.3 is 10.1 Å². The summed E-state index contributed by atoms with van der Waals surface area (Å²) in [5.74, 6) is 0.177. The average molecular weight is 411 g/mol. The minimum atomic E-state index is -0.405. The van der Waals surface area contributed by atoms with Crippen LogP contribution in [0.5, 0.6) is 5.75 Å². The highest BCUT2D eigenvalue weighted by molar-refractivity contribution is 9.10. The largest absolute Gasteiger partial charge is 0.489 e. The molecule has 0 saturated heterocycles. The maximum Gasteiger partial charge on any atom is 0.261 e. The van der Waals surface area contributed by atoms with Crippen molar-refractivity contribution in [3.8, 4) is 11.8 Å². The molecular weight excluding hydrogens is 392 g/mol. The summed E-state index contributed by atoms with van der Waals surface area (Å²) in [5, 5.41) is 12.1. The molecule has 0 atom stereocenters. The van der Waals surface area contributed by atoms with Crippen molar-refractivity contribution in [2.75, 3.05) is 13.2 Å². The van der Waals surface area contributed by atoms with Crippen molar-refractivity contribution in [2.24, 2.45) is 0 Å². The first kappa shape index (κ1) is 19.5. The molecule has 0 aliphatic carbocycles. The fourth-order valence-electron chi connectivity index (χ4n) is 2.28. The van der Waals surface area contributed by atoms with Crippen molar-refractivity contribution in [2.45, 2.75) is 6.42 Å². The van der Waals surface area contributed by atoms with Crippen LogP contribution in [0.3, 0.4) is 0 Å². The van der Waals surface area contributed by atoms with Crippen LogP contribution in [0.25, 0.3) is 6.08 Å². The molecule has 0 aromatic heterocycles. The van der Waals surface area contributed by atoms with E-state index in [4.69, 9.17) is 4.74 Å². The first-order valence-corrected chi connectivity index (χ1v) is 8.90. The quantitative estimate of drug-likeness (QED) is 0.401. The first-order valence-electron chi connectivity index (χ1n) is 8.11. The van der Waals surface area contributed by atoms with Crippen LogP contribution in [0.2, 0.25) is 0 Å². The van der Waals surface area contributed by atoms with Crippen molar-refractivity contribution in [1.29, 1.82) is 5.26 Å². The monoisotopic (exact) mass is 410 g/mol. The Morgan fingerprint density at radius 2 is 2.04 bits per heavy atom. The van der Waals surface area contributed by atoms with E-state index >= 15 is 0 Å². The van der Waals surface area contributed by atoms with E-state index in [1.807, 2.05) is 42.5 Å². The summed E-state index contributed by atoms with van der Waals surface area (Å²) in [6.07, 6.45) is 3.87. The van der Waals surface area contributed by atoms with Gasteiger partial charge in [0.25, 0.3) is 5.91 Å². The zero-order valence-corrected chi connectivity index (χ0v) is 15.8. The Morgan fingerprint density at radius 1 is 1.27 bits per heavy atom. The Bertz CT molecular complexity index is 839. The number of nitrogens with one attached hydrogen (secondary N) is 1. The molecule has 2 aromatic carbocycles. The third-order valence-corrected chi connectivity index (χ3v) is 4.03. The average Bonchev–Trinajstić information content (AvgIpc) is 2.66. The number of rotatable bonds is 8. The number of nitriles is 1. The molecule has 0 bridgehead atoms. The first-order chi connectivity index (χ1) is 12.6. The summed E-state index contributed by atoms with van der Waals surface area (Å²) < 4.78 is 6.41. The molecule has 0 fully saturated rings. The fraction of sp³-hybridized carbons (Fsp3) is 0.143.